The molecule has 0 aromatic heterocycles. The number of amides is 1. The molecule has 5 heteroatoms. The van der Waals surface area contributed by atoms with Crippen LogP contribution in [0.2, 0.25) is 0 Å². The summed E-state index contributed by atoms with van der Waals surface area (Å²) in [7, 11) is 1.57. The highest BCUT2D eigenvalue weighted by atomic mass is 16.1. The van der Waals surface area contributed by atoms with Gasteiger partial charge in [0.25, 0.3) is 0 Å². The average molecular weight is 214 g/mol. The Morgan fingerprint density at radius 1 is 1.13 bits per heavy atom. The molecule has 15 heavy (non-hydrogen) atoms. The Bertz CT molecular complexity index is 211. The van der Waals surface area contributed by atoms with Gasteiger partial charge < -0.3 is 4.79 Å². The van der Waals surface area contributed by atoms with Gasteiger partial charge in [-0.2, -0.15) is 0 Å². The van der Waals surface area contributed by atoms with Gasteiger partial charge in [-0.3, -0.25) is 14.6 Å². The van der Waals surface area contributed by atoms with Crippen molar-refractivity contribution in [2.45, 2.75) is 27.7 Å². The summed E-state index contributed by atoms with van der Waals surface area (Å²) in [6.07, 6.45) is 3.50. The minimum atomic E-state index is -0.141. The van der Waals surface area contributed by atoms with E-state index in [1.165, 1.54) is 33.2 Å². The number of aldehydes is 1. The van der Waals surface area contributed by atoms with Crippen LogP contribution < -0.4 is 0 Å². The Morgan fingerprint density at radius 3 is 1.53 bits per heavy atom. The number of carbonyl (C=O) groups excluding carboxylic acids is 3. The smallest absolute Gasteiger partial charge is 0.242 e. The third-order valence-electron chi connectivity index (χ3n) is 0.622. The van der Waals surface area contributed by atoms with Gasteiger partial charge in [0.1, 0.15) is 6.29 Å². The molecule has 0 N–H and O–H groups in total. The third kappa shape index (κ3) is 69.9. The van der Waals surface area contributed by atoms with Crippen LogP contribution in [0.5, 0.6) is 0 Å². The topological polar surface area (TPSA) is 75.9 Å². The molecule has 0 spiro atoms. The monoisotopic (exact) mass is 214 g/mol. The van der Waals surface area contributed by atoms with E-state index in [-0.39, 0.29) is 11.7 Å². The van der Waals surface area contributed by atoms with Crippen molar-refractivity contribution in [1.29, 1.82) is 0 Å². The number of hydrogen-bond acceptors (Lipinski definition) is 4. The number of rotatable bonds is 1. The maximum absolute atomic E-state index is 9.89. The van der Waals surface area contributed by atoms with Crippen molar-refractivity contribution in [3.05, 3.63) is 0 Å². The van der Waals surface area contributed by atoms with Crippen molar-refractivity contribution < 1.29 is 14.4 Å². The van der Waals surface area contributed by atoms with Crippen LogP contribution in [0.3, 0.4) is 0 Å². The SMILES string of the molecule is CC=NC(C)=O.CC=O.CN=CC(C)=O. The van der Waals surface area contributed by atoms with Crippen LogP contribution in [-0.4, -0.2) is 37.5 Å². The average Bonchev–Trinajstić information content (AvgIpc) is 2.05. The molecule has 0 saturated carbocycles. The summed E-state index contributed by atoms with van der Waals surface area (Å²) >= 11 is 0. The second kappa shape index (κ2) is 18.2. The van der Waals surface area contributed by atoms with Crippen molar-refractivity contribution in [1.82, 2.24) is 0 Å². The molecule has 0 aromatic carbocycles. The summed E-state index contributed by atoms with van der Waals surface area (Å²) < 4.78 is 0. The van der Waals surface area contributed by atoms with Crippen LogP contribution in [0.15, 0.2) is 9.98 Å². The van der Waals surface area contributed by atoms with Crippen LogP contribution in [0, 0.1) is 0 Å². The number of hydrogen-bond donors (Lipinski definition) is 0. The molecule has 0 aliphatic carbocycles. The molecule has 0 unspecified atom stereocenters. The van der Waals surface area contributed by atoms with E-state index >= 15 is 0 Å². The molecule has 5 nitrogen and oxygen atoms in total. The molecule has 0 aromatic rings. The number of aliphatic imine (C=N–C) groups is 2. The third-order valence-corrected chi connectivity index (χ3v) is 0.622. The minimum absolute atomic E-state index is 0.00231. The van der Waals surface area contributed by atoms with Gasteiger partial charge in [-0.05, 0) is 13.8 Å². The van der Waals surface area contributed by atoms with E-state index in [9.17, 15) is 9.59 Å². The summed E-state index contributed by atoms with van der Waals surface area (Å²) in [6.45, 7) is 6.04. The molecule has 0 saturated heterocycles. The molecule has 1 amide bonds. The predicted octanol–water partition coefficient (Wildman–Crippen LogP) is 1.10. The summed E-state index contributed by atoms with van der Waals surface area (Å²) in [5, 5.41) is 0. The highest BCUT2D eigenvalue weighted by Crippen LogP contribution is 1.63. The van der Waals surface area contributed by atoms with Crippen molar-refractivity contribution >= 4 is 30.4 Å². The second-order valence-electron chi connectivity index (χ2n) is 2.14. The first-order chi connectivity index (χ1) is 6.95. The molecule has 0 atom stereocenters. The fraction of sp³-hybridized carbons (Fsp3) is 0.500. The first-order valence-electron chi connectivity index (χ1n) is 4.27. The highest BCUT2D eigenvalue weighted by molar-refractivity contribution is 6.26. The largest absolute Gasteiger partial charge is 0.304 e. The van der Waals surface area contributed by atoms with E-state index in [2.05, 4.69) is 9.98 Å². The van der Waals surface area contributed by atoms with Crippen LogP contribution in [0.1, 0.15) is 27.7 Å². The minimum Gasteiger partial charge on any atom is -0.304 e. The summed E-state index contributed by atoms with van der Waals surface area (Å²) in [4.78, 5) is 35.4. The van der Waals surface area contributed by atoms with Crippen LogP contribution in [-0.2, 0) is 14.4 Å². The van der Waals surface area contributed by atoms with E-state index in [4.69, 9.17) is 4.79 Å². The lowest BCUT2D eigenvalue weighted by Gasteiger charge is -1.69. The maximum atomic E-state index is 9.89. The molecular weight excluding hydrogens is 196 g/mol. The Labute approximate surface area is 90.3 Å². The summed E-state index contributed by atoms with van der Waals surface area (Å²) in [5.74, 6) is -0.144. The van der Waals surface area contributed by atoms with E-state index in [0.29, 0.717) is 0 Å². The lowest BCUT2D eigenvalue weighted by atomic mass is 10.5. The van der Waals surface area contributed by atoms with E-state index in [1.807, 2.05) is 0 Å². The molecular formula is C10H18N2O3. The lowest BCUT2D eigenvalue weighted by molar-refractivity contribution is -0.115. The fourth-order valence-corrected chi connectivity index (χ4v) is 0.364. The lowest BCUT2D eigenvalue weighted by Crippen LogP contribution is -1.87. The predicted molar refractivity (Wildman–Crippen MR) is 61.7 cm³/mol. The summed E-state index contributed by atoms with van der Waals surface area (Å²) in [5.41, 5.74) is 0. The number of Topliss-reactive ketones (excluding diaryl/α,β-unsaturated/α-hetero) is 1. The number of carbonyl (C=O) groups is 3. The maximum Gasteiger partial charge on any atom is 0.242 e. The number of ketones is 1. The number of nitrogens with zero attached hydrogens (tertiary/aromatic N) is 2. The summed E-state index contributed by atoms with van der Waals surface area (Å²) in [6, 6.07) is 0. The molecule has 0 aliphatic rings. The zero-order valence-corrected chi connectivity index (χ0v) is 9.85. The first-order valence-corrected chi connectivity index (χ1v) is 4.27. The highest BCUT2D eigenvalue weighted by Gasteiger charge is 1.74. The molecule has 0 aliphatic heterocycles. The van der Waals surface area contributed by atoms with E-state index in [0.717, 1.165) is 6.29 Å². The Morgan fingerprint density at radius 2 is 1.53 bits per heavy atom. The van der Waals surface area contributed by atoms with Gasteiger partial charge in [-0.25, -0.2) is 4.99 Å². The molecule has 0 heterocycles. The van der Waals surface area contributed by atoms with Crippen LogP contribution in [0.4, 0.5) is 0 Å². The molecule has 0 bridgehead atoms. The van der Waals surface area contributed by atoms with Crippen LogP contribution >= 0.6 is 0 Å². The van der Waals surface area contributed by atoms with Crippen molar-refractivity contribution in [2.24, 2.45) is 9.98 Å². The second-order valence-corrected chi connectivity index (χ2v) is 2.14. The zero-order chi connectivity index (χ0) is 12.7. The molecule has 0 fully saturated rings. The van der Waals surface area contributed by atoms with Crippen molar-refractivity contribution in [3.8, 4) is 0 Å². The molecule has 0 rings (SSSR count). The fourth-order valence-electron chi connectivity index (χ4n) is 0.364. The van der Waals surface area contributed by atoms with E-state index < -0.39 is 0 Å². The van der Waals surface area contributed by atoms with E-state index in [1.54, 1.807) is 14.0 Å². The van der Waals surface area contributed by atoms with Crippen molar-refractivity contribution in [2.75, 3.05) is 7.05 Å². The Hall–Kier alpha value is -1.65. The van der Waals surface area contributed by atoms with Gasteiger partial charge in [0.05, 0.1) is 6.21 Å². The Balaban J connectivity index is -0.000000153. The molecule has 86 valence electrons. The van der Waals surface area contributed by atoms with Gasteiger partial charge in [-0.1, -0.05) is 0 Å². The normalized spacial score (nSPS) is 8.60. The first kappa shape index (κ1) is 19.0. The van der Waals surface area contributed by atoms with Gasteiger partial charge >= 0.3 is 0 Å². The van der Waals surface area contributed by atoms with Gasteiger partial charge in [-0.15, -0.1) is 0 Å². The standard InChI is InChI=1S/2C4H7NO.C2H4O/c1-4(6)3-5-2;1-3-5-4(2)6;1-2-3/h2*3H,1-2H3;2H,1H3. The zero-order valence-electron chi connectivity index (χ0n) is 9.85. The molecule has 0 radical (unpaired) electrons. The van der Waals surface area contributed by atoms with Gasteiger partial charge in [0, 0.05) is 27.1 Å². The van der Waals surface area contributed by atoms with Crippen molar-refractivity contribution in [3.63, 3.8) is 0 Å². The quantitative estimate of drug-likeness (QED) is 0.484. The van der Waals surface area contributed by atoms with Gasteiger partial charge in [0.2, 0.25) is 5.91 Å². The van der Waals surface area contributed by atoms with Crippen LogP contribution in [0.25, 0.3) is 0 Å². The van der Waals surface area contributed by atoms with Gasteiger partial charge in [0.15, 0.2) is 5.78 Å². The Kier molecular flexibility index (Phi) is 23.1.